The first-order chi connectivity index (χ1) is 6.74. The van der Waals surface area contributed by atoms with Gasteiger partial charge in [-0.15, -0.1) is 0 Å². The van der Waals surface area contributed by atoms with Crippen molar-refractivity contribution in [2.24, 2.45) is 0 Å². The van der Waals surface area contributed by atoms with Crippen molar-refractivity contribution < 1.29 is 4.79 Å². The Morgan fingerprint density at radius 2 is 2.43 bits per heavy atom. The first kappa shape index (κ1) is 10.8. The first-order valence-electron chi connectivity index (χ1n) is 4.35. The molecule has 76 valence electrons. The van der Waals surface area contributed by atoms with Crippen molar-refractivity contribution in [1.82, 2.24) is 10.3 Å². The van der Waals surface area contributed by atoms with Crippen molar-refractivity contribution in [2.75, 3.05) is 18.4 Å². The van der Waals surface area contributed by atoms with Gasteiger partial charge >= 0.3 is 0 Å². The highest BCUT2D eigenvalue weighted by molar-refractivity contribution is 6.32. The smallest absolute Gasteiger partial charge is 0.239 e. The summed E-state index contributed by atoms with van der Waals surface area (Å²) in [6, 6.07) is 3.45. The number of nitrogens with zero attached hydrogens (tertiary/aromatic N) is 1. The van der Waals surface area contributed by atoms with Crippen LogP contribution in [0.5, 0.6) is 0 Å². The summed E-state index contributed by atoms with van der Waals surface area (Å²) in [5, 5.41) is 6.02. The molecule has 0 aromatic carbocycles. The summed E-state index contributed by atoms with van der Waals surface area (Å²) in [5.41, 5.74) is 0. The fraction of sp³-hybridized carbons (Fsp3) is 0.333. The molecule has 0 bridgehead atoms. The van der Waals surface area contributed by atoms with Gasteiger partial charge in [-0.05, 0) is 19.1 Å². The Morgan fingerprint density at radius 1 is 1.64 bits per heavy atom. The Bertz CT molecular complexity index is 317. The predicted octanol–water partition coefficient (Wildman–Crippen LogP) is 1.28. The van der Waals surface area contributed by atoms with Crippen LogP contribution in [0.15, 0.2) is 18.3 Å². The Kier molecular flexibility index (Phi) is 4.19. The van der Waals surface area contributed by atoms with Crippen LogP contribution in [0.25, 0.3) is 0 Å². The van der Waals surface area contributed by atoms with Crippen LogP contribution in [0, 0.1) is 0 Å². The third-order valence-corrected chi connectivity index (χ3v) is 1.85. The molecule has 14 heavy (non-hydrogen) atoms. The molecular formula is C9H12ClN3O. The van der Waals surface area contributed by atoms with Crippen LogP contribution in [-0.4, -0.2) is 24.0 Å². The Labute approximate surface area is 87.7 Å². The summed E-state index contributed by atoms with van der Waals surface area (Å²) in [6.07, 6.45) is 1.62. The minimum atomic E-state index is -0.0748. The third kappa shape index (κ3) is 3.22. The van der Waals surface area contributed by atoms with E-state index >= 15 is 0 Å². The molecule has 0 unspecified atom stereocenters. The van der Waals surface area contributed by atoms with Crippen LogP contribution in [0.2, 0.25) is 5.02 Å². The topological polar surface area (TPSA) is 54.0 Å². The zero-order chi connectivity index (χ0) is 10.4. The lowest BCUT2D eigenvalue weighted by Crippen LogP contribution is -2.29. The number of amides is 1. The van der Waals surface area contributed by atoms with Gasteiger partial charge in [0.15, 0.2) is 0 Å². The van der Waals surface area contributed by atoms with Gasteiger partial charge in [0, 0.05) is 12.7 Å². The number of likely N-dealkylation sites (N-methyl/N-ethyl adjacent to an activating group) is 1. The van der Waals surface area contributed by atoms with E-state index in [0.29, 0.717) is 17.4 Å². The van der Waals surface area contributed by atoms with Gasteiger partial charge in [0.2, 0.25) is 5.91 Å². The molecule has 0 aliphatic rings. The summed E-state index contributed by atoms with van der Waals surface area (Å²) in [5.74, 6) is 0.453. The third-order valence-electron chi connectivity index (χ3n) is 1.55. The molecule has 2 N–H and O–H groups in total. The van der Waals surface area contributed by atoms with Gasteiger partial charge < -0.3 is 10.6 Å². The molecule has 5 heteroatoms. The molecular weight excluding hydrogens is 202 g/mol. The molecule has 1 rings (SSSR count). The second-order valence-electron chi connectivity index (χ2n) is 2.64. The van der Waals surface area contributed by atoms with Crippen molar-refractivity contribution in [3.05, 3.63) is 23.4 Å². The number of carbonyl (C=O) groups is 1. The van der Waals surface area contributed by atoms with Crippen molar-refractivity contribution in [2.45, 2.75) is 6.92 Å². The zero-order valence-corrected chi connectivity index (χ0v) is 8.64. The molecule has 0 fully saturated rings. The van der Waals surface area contributed by atoms with Crippen LogP contribution >= 0.6 is 11.6 Å². The van der Waals surface area contributed by atoms with Crippen molar-refractivity contribution in [1.29, 1.82) is 0 Å². The molecule has 0 saturated heterocycles. The average molecular weight is 214 g/mol. The maximum Gasteiger partial charge on any atom is 0.239 e. The lowest BCUT2D eigenvalue weighted by molar-refractivity contribution is -0.119. The number of pyridine rings is 1. The summed E-state index contributed by atoms with van der Waals surface area (Å²) in [4.78, 5) is 15.1. The van der Waals surface area contributed by atoms with E-state index in [4.69, 9.17) is 11.6 Å². The van der Waals surface area contributed by atoms with Gasteiger partial charge in [-0.25, -0.2) is 4.98 Å². The quantitative estimate of drug-likeness (QED) is 0.793. The van der Waals surface area contributed by atoms with Crippen LogP contribution in [0.1, 0.15) is 6.92 Å². The van der Waals surface area contributed by atoms with Crippen LogP contribution in [-0.2, 0) is 4.79 Å². The summed E-state index contributed by atoms with van der Waals surface area (Å²) in [7, 11) is 0. The number of rotatable bonds is 4. The predicted molar refractivity (Wildman–Crippen MR) is 56.4 cm³/mol. The fourth-order valence-electron chi connectivity index (χ4n) is 0.939. The fourth-order valence-corrected chi connectivity index (χ4v) is 1.13. The molecule has 1 heterocycles. The molecule has 4 nitrogen and oxygen atoms in total. The highest BCUT2D eigenvalue weighted by Crippen LogP contribution is 2.16. The molecule has 0 saturated carbocycles. The van der Waals surface area contributed by atoms with E-state index in [-0.39, 0.29) is 12.5 Å². The SMILES string of the molecule is CCNC(=O)CNc1ncccc1Cl. The number of aromatic nitrogens is 1. The Morgan fingerprint density at radius 3 is 3.07 bits per heavy atom. The summed E-state index contributed by atoms with van der Waals surface area (Å²) < 4.78 is 0. The maximum atomic E-state index is 11.1. The standard InChI is InChI=1S/C9H12ClN3O/c1-2-11-8(14)6-13-9-7(10)4-3-5-12-9/h3-5H,2,6H2,1H3,(H,11,14)(H,12,13). The number of carbonyl (C=O) groups excluding carboxylic acids is 1. The Balaban J connectivity index is 2.46. The molecule has 0 spiro atoms. The lowest BCUT2D eigenvalue weighted by Gasteiger charge is -2.06. The van der Waals surface area contributed by atoms with E-state index in [2.05, 4.69) is 15.6 Å². The average Bonchev–Trinajstić information content (AvgIpc) is 2.17. The minimum absolute atomic E-state index is 0.0748. The largest absolute Gasteiger partial charge is 0.360 e. The van der Waals surface area contributed by atoms with E-state index < -0.39 is 0 Å². The first-order valence-corrected chi connectivity index (χ1v) is 4.73. The minimum Gasteiger partial charge on any atom is -0.360 e. The van der Waals surface area contributed by atoms with E-state index in [0.717, 1.165) is 0 Å². The summed E-state index contributed by atoms with van der Waals surface area (Å²) in [6.45, 7) is 2.67. The van der Waals surface area contributed by atoms with Gasteiger partial charge in [-0.3, -0.25) is 4.79 Å². The van der Waals surface area contributed by atoms with Gasteiger partial charge in [0.05, 0.1) is 11.6 Å². The van der Waals surface area contributed by atoms with E-state index in [1.165, 1.54) is 0 Å². The Hall–Kier alpha value is -1.29. The van der Waals surface area contributed by atoms with Crippen molar-refractivity contribution >= 4 is 23.3 Å². The number of hydrogen-bond acceptors (Lipinski definition) is 3. The van der Waals surface area contributed by atoms with Crippen LogP contribution < -0.4 is 10.6 Å². The van der Waals surface area contributed by atoms with E-state index in [1.807, 2.05) is 6.92 Å². The highest BCUT2D eigenvalue weighted by Gasteiger charge is 2.02. The maximum absolute atomic E-state index is 11.1. The molecule has 1 aromatic heterocycles. The van der Waals surface area contributed by atoms with Crippen molar-refractivity contribution in [3.63, 3.8) is 0 Å². The van der Waals surface area contributed by atoms with E-state index in [9.17, 15) is 4.79 Å². The highest BCUT2D eigenvalue weighted by atomic mass is 35.5. The second kappa shape index (κ2) is 5.44. The number of anilines is 1. The lowest BCUT2D eigenvalue weighted by atomic mass is 10.4. The zero-order valence-electron chi connectivity index (χ0n) is 7.88. The second-order valence-corrected chi connectivity index (χ2v) is 3.05. The number of halogens is 1. The molecule has 1 amide bonds. The van der Waals surface area contributed by atoms with Crippen molar-refractivity contribution in [3.8, 4) is 0 Å². The number of hydrogen-bond donors (Lipinski definition) is 2. The van der Waals surface area contributed by atoms with Crippen LogP contribution in [0.3, 0.4) is 0 Å². The normalized spacial score (nSPS) is 9.57. The number of nitrogens with one attached hydrogen (secondary N) is 2. The van der Waals surface area contributed by atoms with Gasteiger partial charge in [0.1, 0.15) is 5.82 Å². The van der Waals surface area contributed by atoms with Crippen LogP contribution in [0.4, 0.5) is 5.82 Å². The van der Waals surface area contributed by atoms with Gasteiger partial charge in [0.25, 0.3) is 0 Å². The monoisotopic (exact) mass is 213 g/mol. The molecule has 0 radical (unpaired) electrons. The molecule has 0 aliphatic heterocycles. The van der Waals surface area contributed by atoms with Gasteiger partial charge in [-0.1, -0.05) is 11.6 Å². The molecule has 0 atom stereocenters. The van der Waals surface area contributed by atoms with E-state index in [1.54, 1.807) is 18.3 Å². The summed E-state index contributed by atoms with van der Waals surface area (Å²) >= 11 is 5.83. The van der Waals surface area contributed by atoms with Gasteiger partial charge in [-0.2, -0.15) is 0 Å². The molecule has 0 aliphatic carbocycles. The molecule has 1 aromatic rings.